The molecule has 2 N–H and O–H groups in total. The van der Waals surface area contributed by atoms with Crippen LogP contribution in [0.3, 0.4) is 0 Å². The number of aryl methyl sites for hydroxylation is 1. The number of phenols is 1. The molecule has 0 bridgehead atoms. The Balaban J connectivity index is 2.62. The summed E-state index contributed by atoms with van der Waals surface area (Å²) in [6, 6.07) is 1.89. The number of carbonyl (C=O) groups is 1. The fourth-order valence-electron chi connectivity index (χ4n) is 2.08. The Kier molecular flexibility index (Phi) is 3.13. The summed E-state index contributed by atoms with van der Waals surface area (Å²) in [5, 5.41) is 10.1. The predicted molar refractivity (Wildman–Crippen MR) is 66.4 cm³/mol. The molecule has 90 valence electrons. The number of carbonyl (C=O) groups excluding carboxylic acids is 1. The van der Waals surface area contributed by atoms with Gasteiger partial charge in [0.1, 0.15) is 5.52 Å². The van der Waals surface area contributed by atoms with E-state index in [2.05, 4.69) is 16.9 Å². The molecule has 0 amide bonds. The zero-order chi connectivity index (χ0) is 12.4. The summed E-state index contributed by atoms with van der Waals surface area (Å²) < 4.78 is 0. The summed E-state index contributed by atoms with van der Waals surface area (Å²) in [4.78, 5) is 18.6. The van der Waals surface area contributed by atoms with Gasteiger partial charge in [-0.1, -0.05) is 13.3 Å². The number of H-pyrrole nitrogens is 1. The molecule has 0 unspecified atom stereocenters. The van der Waals surface area contributed by atoms with Gasteiger partial charge in [0.25, 0.3) is 0 Å². The number of aromatic amines is 1. The topological polar surface area (TPSA) is 66.0 Å². The SMILES string of the molecule is CCCCc1cc2nc[nH]c2c(O)c1C(C)=O. The standard InChI is InChI=1S/C13H16N2O2/c1-3-4-5-9-6-10-12(15-7-14-10)13(17)11(9)8(2)16/h6-7,17H,3-5H2,1-2H3,(H,14,15). The number of rotatable bonds is 4. The summed E-state index contributed by atoms with van der Waals surface area (Å²) >= 11 is 0. The molecule has 0 radical (unpaired) electrons. The molecule has 4 nitrogen and oxygen atoms in total. The maximum atomic E-state index is 11.6. The fraction of sp³-hybridized carbons (Fsp3) is 0.385. The third-order valence-electron chi connectivity index (χ3n) is 2.93. The van der Waals surface area contributed by atoms with Crippen LogP contribution < -0.4 is 0 Å². The molecule has 1 aromatic carbocycles. The van der Waals surface area contributed by atoms with E-state index >= 15 is 0 Å². The van der Waals surface area contributed by atoms with Gasteiger partial charge >= 0.3 is 0 Å². The smallest absolute Gasteiger partial charge is 0.163 e. The van der Waals surface area contributed by atoms with Crippen molar-refractivity contribution in [2.75, 3.05) is 0 Å². The molecule has 1 aromatic heterocycles. The average Bonchev–Trinajstić information content (AvgIpc) is 2.74. The van der Waals surface area contributed by atoms with Gasteiger partial charge in [0, 0.05) is 0 Å². The van der Waals surface area contributed by atoms with Crippen molar-refractivity contribution in [2.24, 2.45) is 0 Å². The lowest BCUT2D eigenvalue weighted by molar-refractivity contribution is 0.101. The molecule has 0 aliphatic carbocycles. The minimum atomic E-state index is -0.106. The second-order valence-electron chi connectivity index (χ2n) is 4.22. The number of fused-ring (bicyclic) bond motifs is 1. The number of benzene rings is 1. The molecule has 2 rings (SSSR count). The van der Waals surface area contributed by atoms with Crippen LogP contribution in [0, 0.1) is 0 Å². The van der Waals surface area contributed by atoms with Crippen molar-refractivity contribution in [1.82, 2.24) is 9.97 Å². The highest BCUT2D eigenvalue weighted by atomic mass is 16.3. The van der Waals surface area contributed by atoms with Crippen LogP contribution in [0.2, 0.25) is 0 Å². The van der Waals surface area contributed by atoms with Crippen molar-refractivity contribution >= 4 is 16.8 Å². The lowest BCUT2D eigenvalue weighted by Gasteiger charge is -2.09. The first kappa shape index (κ1) is 11.6. The Morgan fingerprint density at radius 1 is 1.53 bits per heavy atom. The molecule has 0 saturated heterocycles. The van der Waals surface area contributed by atoms with Crippen LogP contribution in [0.1, 0.15) is 42.6 Å². The van der Waals surface area contributed by atoms with Crippen molar-refractivity contribution in [3.63, 3.8) is 0 Å². The second-order valence-corrected chi connectivity index (χ2v) is 4.22. The molecule has 17 heavy (non-hydrogen) atoms. The van der Waals surface area contributed by atoms with Crippen LogP contribution in [0.25, 0.3) is 11.0 Å². The minimum absolute atomic E-state index is 0.0265. The first-order valence-corrected chi connectivity index (χ1v) is 5.84. The van der Waals surface area contributed by atoms with E-state index in [1.54, 1.807) is 0 Å². The molecule has 0 fully saturated rings. The number of aromatic nitrogens is 2. The predicted octanol–water partition coefficient (Wildman–Crippen LogP) is 2.81. The van der Waals surface area contributed by atoms with E-state index in [0.29, 0.717) is 16.6 Å². The van der Waals surface area contributed by atoms with Gasteiger partial charge in [-0.2, -0.15) is 0 Å². The van der Waals surface area contributed by atoms with E-state index in [9.17, 15) is 9.90 Å². The number of Topliss-reactive ketones (excluding diaryl/α,β-unsaturated/α-hetero) is 1. The number of hydrogen-bond acceptors (Lipinski definition) is 3. The molecular formula is C13H16N2O2. The first-order valence-electron chi connectivity index (χ1n) is 5.84. The number of nitrogens with zero attached hydrogens (tertiary/aromatic N) is 1. The summed E-state index contributed by atoms with van der Waals surface area (Å²) in [6.07, 6.45) is 4.37. The maximum Gasteiger partial charge on any atom is 0.163 e. The van der Waals surface area contributed by atoms with Gasteiger partial charge in [0.05, 0.1) is 17.4 Å². The minimum Gasteiger partial charge on any atom is -0.505 e. The quantitative estimate of drug-likeness (QED) is 0.796. The maximum absolute atomic E-state index is 11.6. The van der Waals surface area contributed by atoms with Crippen LogP contribution in [-0.4, -0.2) is 20.9 Å². The first-order chi connectivity index (χ1) is 8.15. The highest BCUT2D eigenvalue weighted by Gasteiger charge is 2.17. The summed E-state index contributed by atoms with van der Waals surface area (Å²) in [7, 11) is 0. The van der Waals surface area contributed by atoms with E-state index in [1.807, 2.05) is 6.07 Å². The zero-order valence-electron chi connectivity index (χ0n) is 10.1. The molecule has 1 heterocycles. The fourth-order valence-corrected chi connectivity index (χ4v) is 2.08. The largest absolute Gasteiger partial charge is 0.505 e. The van der Waals surface area contributed by atoms with Gasteiger partial charge in [0.2, 0.25) is 0 Å². The van der Waals surface area contributed by atoms with E-state index < -0.39 is 0 Å². The molecule has 0 saturated carbocycles. The van der Waals surface area contributed by atoms with Crippen LogP contribution >= 0.6 is 0 Å². The van der Waals surface area contributed by atoms with Gasteiger partial charge in [-0.15, -0.1) is 0 Å². The van der Waals surface area contributed by atoms with Gasteiger partial charge in [-0.3, -0.25) is 4.79 Å². The van der Waals surface area contributed by atoms with Crippen molar-refractivity contribution in [2.45, 2.75) is 33.1 Å². The normalized spacial score (nSPS) is 10.9. The van der Waals surface area contributed by atoms with E-state index in [1.165, 1.54) is 13.3 Å². The molecular weight excluding hydrogens is 216 g/mol. The monoisotopic (exact) mass is 232 g/mol. The van der Waals surface area contributed by atoms with Gasteiger partial charge in [0.15, 0.2) is 11.5 Å². The van der Waals surface area contributed by atoms with Gasteiger partial charge < -0.3 is 10.1 Å². The van der Waals surface area contributed by atoms with E-state index in [0.717, 1.165) is 24.8 Å². The van der Waals surface area contributed by atoms with Crippen molar-refractivity contribution in [3.8, 4) is 5.75 Å². The van der Waals surface area contributed by atoms with Crippen molar-refractivity contribution in [1.29, 1.82) is 0 Å². The van der Waals surface area contributed by atoms with Crippen LogP contribution in [0.4, 0.5) is 0 Å². The summed E-state index contributed by atoms with van der Waals surface area (Å²) in [5.41, 5.74) is 2.56. The molecule has 2 aromatic rings. The summed E-state index contributed by atoms with van der Waals surface area (Å²) in [5.74, 6) is -0.0799. The highest BCUT2D eigenvalue weighted by Crippen LogP contribution is 2.30. The molecule has 4 heteroatoms. The van der Waals surface area contributed by atoms with Crippen LogP contribution in [0.5, 0.6) is 5.75 Å². The molecule has 0 spiro atoms. The lowest BCUT2D eigenvalue weighted by Crippen LogP contribution is -2.01. The highest BCUT2D eigenvalue weighted by molar-refractivity contribution is 6.03. The third-order valence-corrected chi connectivity index (χ3v) is 2.93. The molecule has 0 atom stereocenters. The number of hydrogen-bond donors (Lipinski definition) is 2. The lowest BCUT2D eigenvalue weighted by atomic mass is 9.97. The van der Waals surface area contributed by atoms with Gasteiger partial charge in [-0.25, -0.2) is 4.98 Å². The van der Waals surface area contributed by atoms with Crippen LogP contribution in [0.15, 0.2) is 12.4 Å². The molecule has 0 aliphatic heterocycles. The number of phenolic OH excluding ortho intramolecular Hbond substituents is 1. The third kappa shape index (κ3) is 2.02. The number of aromatic hydroxyl groups is 1. The molecule has 0 aliphatic rings. The zero-order valence-corrected chi connectivity index (χ0v) is 10.1. The average molecular weight is 232 g/mol. The second kappa shape index (κ2) is 4.57. The van der Waals surface area contributed by atoms with Crippen LogP contribution in [-0.2, 0) is 6.42 Å². The number of ketones is 1. The Bertz CT molecular complexity index is 558. The van der Waals surface area contributed by atoms with Crippen molar-refractivity contribution < 1.29 is 9.90 Å². The number of imidazole rings is 1. The summed E-state index contributed by atoms with van der Waals surface area (Å²) in [6.45, 7) is 3.58. The van der Waals surface area contributed by atoms with Crippen molar-refractivity contribution in [3.05, 3.63) is 23.5 Å². The Hall–Kier alpha value is -1.84. The van der Waals surface area contributed by atoms with Gasteiger partial charge in [-0.05, 0) is 31.4 Å². The number of unbranched alkanes of at least 4 members (excludes halogenated alkanes) is 1. The Labute approximate surface area is 99.7 Å². The Morgan fingerprint density at radius 3 is 2.94 bits per heavy atom. The number of nitrogens with one attached hydrogen (secondary N) is 1. The Morgan fingerprint density at radius 2 is 2.29 bits per heavy atom. The van der Waals surface area contributed by atoms with E-state index in [-0.39, 0.29) is 11.5 Å². The van der Waals surface area contributed by atoms with E-state index in [4.69, 9.17) is 0 Å².